The first-order chi connectivity index (χ1) is 9.24. The Morgan fingerprint density at radius 3 is 2.42 bits per heavy atom. The Labute approximate surface area is 125 Å². The van der Waals surface area contributed by atoms with Gasteiger partial charge in [0.25, 0.3) is 0 Å². The van der Waals surface area contributed by atoms with Crippen LogP contribution in [0, 0.1) is 0 Å². The predicted octanol–water partition coefficient (Wildman–Crippen LogP) is 4.33. The lowest BCUT2D eigenvalue weighted by molar-refractivity contribution is 0.685. The molecule has 1 saturated carbocycles. The van der Waals surface area contributed by atoms with Crippen molar-refractivity contribution in [3.63, 3.8) is 0 Å². The Morgan fingerprint density at radius 2 is 1.89 bits per heavy atom. The third-order valence-corrected chi connectivity index (χ3v) is 4.29. The maximum absolute atomic E-state index is 3.72. The normalized spacial score (nSPS) is 14.7. The Hall–Kier alpha value is -0.540. The molecule has 1 fully saturated rings. The Kier molecular flexibility index (Phi) is 5.71. The van der Waals surface area contributed by atoms with Crippen molar-refractivity contribution in [1.29, 1.82) is 0 Å². The summed E-state index contributed by atoms with van der Waals surface area (Å²) in [6.07, 6.45) is 5.08. The quantitative estimate of drug-likeness (QED) is 0.765. The lowest BCUT2D eigenvalue weighted by Gasteiger charge is -2.24. The number of rotatable bonds is 8. The minimum Gasteiger partial charge on any atom is -0.372 e. The molecule has 19 heavy (non-hydrogen) atoms. The van der Waals surface area contributed by atoms with Gasteiger partial charge in [0.05, 0.1) is 0 Å². The van der Waals surface area contributed by atoms with Crippen molar-refractivity contribution in [1.82, 2.24) is 5.32 Å². The predicted molar refractivity (Wildman–Crippen MR) is 86.8 cm³/mol. The molecule has 1 aromatic carbocycles. The second kappa shape index (κ2) is 7.30. The van der Waals surface area contributed by atoms with Crippen LogP contribution in [0.2, 0.25) is 0 Å². The number of anilines is 1. The van der Waals surface area contributed by atoms with Gasteiger partial charge in [0.1, 0.15) is 0 Å². The highest BCUT2D eigenvalue weighted by atomic mass is 79.9. The monoisotopic (exact) mass is 324 g/mol. The first-order valence-corrected chi connectivity index (χ1v) is 8.30. The summed E-state index contributed by atoms with van der Waals surface area (Å²) in [4.78, 5) is 2.48. The van der Waals surface area contributed by atoms with Crippen LogP contribution in [0.25, 0.3) is 0 Å². The molecular weight excluding hydrogens is 300 g/mol. The molecule has 106 valence electrons. The molecule has 0 saturated heterocycles. The van der Waals surface area contributed by atoms with Gasteiger partial charge in [-0.15, -0.1) is 0 Å². The molecule has 0 aromatic heterocycles. The Balaban J connectivity index is 2.02. The minimum atomic E-state index is 0.767. The Morgan fingerprint density at radius 1 is 1.21 bits per heavy atom. The van der Waals surface area contributed by atoms with E-state index < -0.39 is 0 Å². The second-order valence-corrected chi connectivity index (χ2v) is 6.27. The lowest BCUT2D eigenvalue weighted by Crippen LogP contribution is -2.25. The maximum Gasteiger partial charge on any atom is 0.0377 e. The van der Waals surface area contributed by atoms with Crippen LogP contribution in [0.5, 0.6) is 0 Å². The molecule has 0 heterocycles. The zero-order valence-corrected chi connectivity index (χ0v) is 13.7. The van der Waals surface area contributed by atoms with Crippen LogP contribution >= 0.6 is 15.9 Å². The van der Waals surface area contributed by atoms with Gasteiger partial charge in [-0.05, 0) is 43.4 Å². The summed E-state index contributed by atoms with van der Waals surface area (Å²) in [6, 6.07) is 7.56. The van der Waals surface area contributed by atoms with Crippen molar-refractivity contribution in [2.45, 2.75) is 52.1 Å². The van der Waals surface area contributed by atoms with Gasteiger partial charge in [0.2, 0.25) is 0 Å². The molecule has 1 N–H and O–H groups in total. The Bertz CT molecular complexity index is 396. The molecule has 1 aliphatic carbocycles. The number of nitrogens with zero attached hydrogens (tertiary/aromatic N) is 1. The van der Waals surface area contributed by atoms with Crippen molar-refractivity contribution in [3.8, 4) is 0 Å². The van der Waals surface area contributed by atoms with E-state index in [1.54, 1.807) is 0 Å². The average molecular weight is 325 g/mol. The number of hydrogen-bond acceptors (Lipinski definition) is 2. The lowest BCUT2D eigenvalue weighted by atomic mass is 10.2. The van der Waals surface area contributed by atoms with E-state index in [2.05, 4.69) is 58.2 Å². The summed E-state index contributed by atoms with van der Waals surface area (Å²) in [5.41, 5.74) is 2.70. The van der Waals surface area contributed by atoms with Crippen LogP contribution in [0.15, 0.2) is 22.7 Å². The van der Waals surface area contributed by atoms with Crippen molar-refractivity contribution in [2.24, 2.45) is 0 Å². The zero-order valence-electron chi connectivity index (χ0n) is 12.1. The van der Waals surface area contributed by atoms with E-state index in [0.29, 0.717) is 0 Å². The fraction of sp³-hybridized carbons (Fsp3) is 0.625. The fourth-order valence-corrected chi connectivity index (χ4v) is 2.83. The van der Waals surface area contributed by atoms with Crippen molar-refractivity contribution in [2.75, 3.05) is 18.0 Å². The van der Waals surface area contributed by atoms with E-state index in [0.717, 1.165) is 25.7 Å². The number of hydrogen-bond donors (Lipinski definition) is 1. The van der Waals surface area contributed by atoms with Crippen LogP contribution in [-0.2, 0) is 6.54 Å². The number of benzene rings is 1. The zero-order chi connectivity index (χ0) is 13.7. The molecule has 3 heteroatoms. The molecule has 0 bridgehead atoms. The van der Waals surface area contributed by atoms with Gasteiger partial charge in [0, 0.05) is 35.8 Å². The van der Waals surface area contributed by atoms with Gasteiger partial charge < -0.3 is 10.2 Å². The molecule has 0 spiro atoms. The molecule has 2 nitrogen and oxygen atoms in total. The van der Waals surface area contributed by atoms with E-state index in [9.17, 15) is 0 Å². The van der Waals surface area contributed by atoms with E-state index in [4.69, 9.17) is 0 Å². The summed E-state index contributed by atoms with van der Waals surface area (Å²) in [5, 5.41) is 3.57. The van der Waals surface area contributed by atoms with Gasteiger partial charge >= 0.3 is 0 Å². The van der Waals surface area contributed by atoms with E-state index >= 15 is 0 Å². The summed E-state index contributed by atoms with van der Waals surface area (Å²) in [6.45, 7) is 7.74. The molecule has 0 atom stereocenters. The van der Waals surface area contributed by atoms with Gasteiger partial charge in [-0.25, -0.2) is 0 Å². The number of nitrogens with one attached hydrogen (secondary N) is 1. The van der Waals surface area contributed by atoms with Crippen molar-refractivity contribution < 1.29 is 0 Å². The molecule has 0 radical (unpaired) electrons. The molecule has 2 rings (SSSR count). The first kappa shape index (κ1) is 14.9. The molecule has 1 aromatic rings. The minimum absolute atomic E-state index is 0.767. The van der Waals surface area contributed by atoms with Gasteiger partial charge in [-0.1, -0.05) is 35.8 Å². The van der Waals surface area contributed by atoms with E-state index in [1.165, 1.54) is 41.4 Å². The average Bonchev–Trinajstić information content (AvgIpc) is 3.21. The third-order valence-electron chi connectivity index (χ3n) is 3.55. The van der Waals surface area contributed by atoms with Crippen LogP contribution < -0.4 is 10.2 Å². The molecule has 1 aliphatic rings. The van der Waals surface area contributed by atoms with Gasteiger partial charge in [-0.2, -0.15) is 0 Å². The van der Waals surface area contributed by atoms with E-state index in [-0.39, 0.29) is 0 Å². The molecular formula is C16H25BrN2. The third kappa shape index (κ3) is 4.50. The highest BCUT2D eigenvalue weighted by Crippen LogP contribution is 2.26. The standard InChI is InChI=1S/C16H25BrN2/c1-3-9-19(10-4-2)15-8-5-13(16(17)11-15)12-18-14-6-7-14/h5,8,11,14,18H,3-4,6-7,9-10,12H2,1-2H3. The topological polar surface area (TPSA) is 15.3 Å². The van der Waals surface area contributed by atoms with Crippen LogP contribution in [0.3, 0.4) is 0 Å². The fourth-order valence-electron chi connectivity index (χ4n) is 2.33. The summed E-state index contributed by atoms with van der Waals surface area (Å²) in [7, 11) is 0. The second-order valence-electron chi connectivity index (χ2n) is 5.42. The van der Waals surface area contributed by atoms with Crippen LogP contribution in [-0.4, -0.2) is 19.1 Å². The van der Waals surface area contributed by atoms with Crippen molar-refractivity contribution in [3.05, 3.63) is 28.2 Å². The first-order valence-electron chi connectivity index (χ1n) is 7.51. The highest BCUT2D eigenvalue weighted by molar-refractivity contribution is 9.10. The largest absolute Gasteiger partial charge is 0.372 e. The molecule has 0 aliphatic heterocycles. The van der Waals surface area contributed by atoms with Crippen LogP contribution in [0.1, 0.15) is 45.1 Å². The molecule has 0 amide bonds. The van der Waals surface area contributed by atoms with Crippen LogP contribution in [0.4, 0.5) is 5.69 Å². The maximum atomic E-state index is 3.72. The highest BCUT2D eigenvalue weighted by Gasteiger charge is 2.20. The summed E-state index contributed by atoms with van der Waals surface area (Å²) in [5.74, 6) is 0. The summed E-state index contributed by atoms with van der Waals surface area (Å²) < 4.78 is 1.23. The van der Waals surface area contributed by atoms with Gasteiger partial charge in [-0.3, -0.25) is 0 Å². The van der Waals surface area contributed by atoms with Gasteiger partial charge in [0.15, 0.2) is 0 Å². The number of halogens is 1. The SMILES string of the molecule is CCCN(CCC)c1ccc(CNC2CC2)c(Br)c1. The summed E-state index contributed by atoms with van der Waals surface area (Å²) >= 11 is 3.72. The smallest absolute Gasteiger partial charge is 0.0377 e. The van der Waals surface area contributed by atoms with E-state index in [1.807, 2.05) is 0 Å². The molecule has 0 unspecified atom stereocenters. The van der Waals surface area contributed by atoms with Crippen molar-refractivity contribution >= 4 is 21.6 Å².